The van der Waals surface area contributed by atoms with E-state index >= 15 is 0 Å². The molecule has 4 aromatic rings. The fraction of sp³-hybridized carbons (Fsp3) is 0.136. The Morgan fingerprint density at radius 2 is 2.07 bits per heavy atom. The molecule has 6 nitrogen and oxygen atoms in total. The molecule has 5 rings (SSSR count). The molecule has 0 saturated carbocycles. The average molecular weight is 467 g/mol. The minimum Gasteiger partial charge on any atom is -0.493 e. The van der Waals surface area contributed by atoms with Gasteiger partial charge in [0.05, 0.1) is 11.1 Å². The van der Waals surface area contributed by atoms with Crippen LogP contribution >= 0.6 is 15.9 Å². The number of nitrogens with one attached hydrogen (secondary N) is 1. The molecular formula is C22H16BrFN4O2. The molecular weight excluding hydrogens is 451 g/mol. The molecule has 2 aromatic heterocycles. The van der Waals surface area contributed by atoms with Crippen LogP contribution < -0.4 is 10.1 Å². The fourth-order valence-corrected chi connectivity index (χ4v) is 3.98. The molecule has 1 N–H and O–H groups in total. The van der Waals surface area contributed by atoms with E-state index in [9.17, 15) is 9.18 Å². The zero-order valence-electron chi connectivity index (χ0n) is 15.7. The zero-order valence-corrected chi connectivity index (χ0v) is 17.3. The van der Waals surface area contributed by atoms with E-state index in [0.717, 1.165) is 11.3 Å². The van der Waals surface area contributed by atoms with Gasteiger partial charge in [0.25, 0.3) is 0 Å². The number of hydrogen-bond donors (Lipinski definition) is 1. The smallest absolute Gasteiger partial charge is 0.212 e. The number of carbonyl (C=O) groups excluding carboxylic acids is 1. The molecule has 0 unspecified atom stereocenters. The van der Waals surface area contributed by atoms with Gasteiger partial charge >= 0.3 is 0 Å². The van der Waals surface area contributed by atoms with Crippen molar-refractivity contribution in [1.82, 2.24) is 14.4 Å². The van der Waals surface area contributed by atoms with Gasteiger partial charge in [-0.15, -0.1) is 0 Å². The number of ketones is 1. The summed E-state index contributed by atoms with van der Waals surface area (Å²) < 4.78 is 22.3. The van der Waals surface area contributed by atoms with Crippen molar-refractivity contribution in [2.24, 2.45) is 0 Å². The summed E-state index contributed by atoms with van der Waals surface area (Å²) in [6, 6.07) is 12.1. The molecule has 0 spiro atoms. The summed E-state index contributed by atoms with van der Waals surface area (Å²) in [5, 5.41) is 3.18. The second kappa shape index (κ2) is 7.53. The first-order valence-electron chi connectivity index (χ1n) is 9.42. The van der Waals surface area contributed by atoms with Crippen LogP contribution in [0.5, 0.6) is 5.75 Å². The van der Waals surface area contributed by atoms with Crippen LogP contribution in [0.3, 0.4) is 0 Å². The van der Waals surface area contributed by atoms with E-state index in [2.05, 4.69) is 31.2 Å². The minimum absolute atomic E-state index is 0.179. The molecule has 1 aliphatic rings. The molecule has 1 aliphatic heterocycles. The number of rotatable bonds is 5. The Bertz CT molecular complexity index is 1270. The van der Waals surface area contributed by atoms with E-state index in [1.807, 2.05) is 18.2 Å². The lowest BCUT2D eigenvalue weighted by atomic mass is 10.0. The summed E-state index contributed by atoms with van der Waals surface area (Å²) in [6.45, 7) is 0.793. The first kappa shape index (κ1) is 18.7. The number of benzene rings is 2. The first-order valence-corrected chi connectivity index (χ1v) is 10.2. The van der Waals surface area contributed by atoms with Gasteiger partial charge < -0.3 is 10.1 Å². The van der Waals surface area contributed by atoms with Crippen molar-refractivity contribution in [1.29, 1.82) is 0 Å². The highest BCUT2D eigenvalue weighted by Crippen LogP contribution is 2.31. The average Bonchev–Trinajstić information content (AvgIpc) is 3.42. The highest BCUT2D eigenvalue weighted by Gasteiger charge is 2.20. The highest BCUT2D eigenvalue weighted by atomic mass is 79.9. The van der Waals surface area contributed by atoms with Gasteiger partial charge in [0, 0.05) is 42.0 Å². The minimum atomic E-state index is -0.286. The molecule has 0 atom stereocenters. The monoisotopic (exact) mass is 466 g/mol. The lowest BCUT2D eigenvalue weighted by molar-refractivity contribution is 0.103. The highest BCUT2D eigenvalue weighted by molar-refractivity contribution is 9.10. The van der Waals surface area contributed by atoms with Crippen LogP contribution in [0.2, 0.25) is 0 Å². The Kier molecular flexibility index (Phi) is 4.71. The number of carbonyl (C=O) groups is 1. The van der Waals surface area contributed by atoms with Crippen LogP contribution in [0.1, 0.15) is 27.2 Å². The van der Waals surface area contributed by atoms with Crippen molar-refractivity contribution >= 4 is 33.3 Å². The number of fused-ring (bicyclic) bond motifs is 2. The SMILES string of the molecule is O=C(c1ccccc1)c1cn2c(NCc3c(F)ccc4c3CCO4)ncc(Br)c2n1. The molecule has 0 fully saturated rings. The molecule has 0 bridgehead atoms. The van der Waals surface area contributed by atoms with Crippen LogP contribution in [0, 0.1) is 5.82 Å². The van der Waals surface area contributed by atoms with Crippen molar-refractivity contribution < 1.29 is 13.9 Å². The van der Waals surface area contributed by atoms with Gasteiger partial charge in [0.2, 0.25) is 11.7 Å². The third-order valence-electron chi connectivity index (χ3n) is 5.08. The van der Waals surface area contributed by atoms with Crippen molar-refractivity contribution in [2.75, 3.05) is 11.9 Å². The maximum atomic E-state index is 14.4. The normalized spacial score (nSPS) is 12.6. The lowest BCUT2D eigenvalue weighted by Crippen LogP contribution is -2.09. The predicted octanol–water partition coefficient (Wildman–Crippen LogP) is 4.41. The molecule has 3 heterocycles. The maximum Gasteiger partial charge on any atom is 0.212 e. The molecule has 2 aromatic carbocycles. The third-order valence-corrected chi connectivity index (χ3v) is 5.64. The lowest BCUT2D eigenvalue weighted by Gasteiger charge is -2.12. The number of imidazole rings is 1. The van der Waals surface area contributed by atoms with Crippen molar-refractivity contribution in [3.8, 4) is 5.75 Å². The van der Waals surface area contributed by atoms with Crippen LogP contribution in [-0.2, 0) is 13.0 Å². The largest absolute Gasteiger partial charge is 0.493 e. The summed E-state index contributed by atoms with van der Waals surface area (Å²) in [5.74, 6) is 0.719. The van der Waals surface area contributed by atoms with Gasteiger partial charge in [-0.05, 0) is 28.1 Å². The van der Waals surface area contributed by atoms with Crippen LogP contribution in [0.4, 0.5) is 10.3 Å². The van der Waals surface area contributed by atoms with Gasteiger partial charge in [-0.1, -0.05) is 30.3 Å². The molecule has 0 saturated heterocycles. The Hall–Kier alpha value is -3.26. The number of hydrogen-bond acceptors (Lipinski definition) is 5. The molecule has 150 valence electrons. The fourth-order valence-electron chi connectivity index (χ4n) is 3.60. The molecule has 8 heteroatoms. The van der Waals surface area contributed by atoms with Gasteiger partial charge in [-0.3, -0.25) is 9.20 Å². The number of nitrogens with zero attached hydrogens (tertiary/aromatic N) is 3. The van der Waals surface area contributed by atoms with Crippen LogP contribution in [-0.4, -0.2) is 26.8 Å². The molecule has 0 aliphatic carbocycles. The van der Waals surface area contributed by atoms with E-state index in [-0.39, 0.29) is 18.1 Å². The van der Waals surface area contributed by atoms with Crippen LogP contribution in [0.15, 0.2) is 59.3 Å². The second-order valence-corrected chi connectivity index (χ2v) is 7.75. The standard InChI is InChI=1S/C22H16BrFN4O2/c23-16-11-26-22(25-10-15-14-8-9-30-19(14)7-6-17(15)24)28-12-18(27-21(16)28)20(29)13-4-2-1-3-5-13/h1-7,11-12H,8-10H2,(H,25,26). The van der Waals surface area contributed by atoms with Crippen LogP contribution in [0.25, 0.3) is 5.65 Å². The van der Waals surface area contributed by atoms with Crippen molar-refractivity contribution in [3.05, 3.63) is 87.5 Å². The number of anilines is 1. The van der Waals surface area contributed by atoms with Crippen molar-refractivity contribution in [2.45, 2.75) is 13.0 Å². The second-order valence-electron chi connectivity index (χ2n) is 6.90. The number of halogens is 2. The predicted molar refractivity (Wildman–Crippen MR) is 113 cm³/mol. The van der Waals surface area contributed by atoms with E-state index in [1.54, 1.807) is 35.0 Å². The summed E-state index contributed by atoms with van der Waals surface area (Å²) in [6.07, 6.45) is 3.92. The number of aromatic nitrogens is 3. The van der Waals surface area contributed by atoms with Gasteiger partial charge in [-0.2, -0.15) is 0 Å². The van der Waals surface area contributed by atoms with Gasteiger partial charge in [0.15, 0.2) is 5.65 Å². The Morgan fingerprint density at radius 3 is 2.90 bits per heavy atom. The Balaban J connectivity index is 1.49. The van der Waals surface area contributed by atoms with Gasteiger partial charge in [0.1, 0.15) is 17.3 Å². The summed E-state index contributed by atoms with van der Waals surface area (Å²) >= 11 is 3.44. The zero-order chi connectivity index (χ0) is 20.7. The van der Waals surface area contributed by atoms with Crippen molar-refractivity contribution in [3.63, 3.8) is 0 Å². The van der Waals surface area contributed by atoms with E-state index in [1.165, 1.54) is 6.07 Å². The van der Waals surface area contributed by atoms with E-state index in [4.69, 9.17) is 4.74 Å². The maximum absolute atomic E-state index is 14.4. The quantitative estimate of drug-likeness (QED) is 0.441. The molecule has 0 amide bonds. The Labute approximate surface area is 179 Å². The van der Waals surface area contributed by atoms with E-state index in [0.29, 0.717) is 45.9 Å². The summed E-state index contributed by atoms with van der Waals surface area (Å²) in [7, 11) is 0. The Morgan fingerprint density at radius 1 is 1.23 bits per heavy atom. The first-order chi connectivity index (χ1) is 14.6. The topological polar surface area (TPSA) is 68.5 Å². The van der Waals surface area contributed by atoms with Gasteiger partial charge in [-0.25, -0.2) is 14.4 Å². The summed E-state index contributed by atoms with van der Waals surface area (Å²) in [4.78, 5) is 21.7. The molecule has 30 heavy (non-hydrogen) atoms. The van der Waals surface area contributed by atoms with E-state index < -0.39 is 0 Å². The molecule has 0 radical (unpaired) electrons. The number of ether oxygens (including phenoxy) is 1. The third kappa shape index (κ3) is 3.23. The summed E-state index contributed by atoms with van der Waals surface area (Å²) in [5.41, 5.74) is 2.85.